The van der Waals surface area contributed by atoms with Crippen LogP contribution in [0.4, 0.5) is 0 Å². The molecule has 1 heterocycles. The lowest BCUT2D eigenvalue weighted by molar-refractivity contribution is -0.136. The normalized spacial score (nSPS) is 15.3. The number of hydrogen-bond donors (Lipinski definition) is 2. The zero-order chi connectivity index (χ0) is 27.8. The third kappa shape index (κ3) is 7.71. The van der Waals surface area contributed by atoms with Crippen molar-refractivity contribution >= 4 is 30.0 Å². The summed E-state index contributed by atoms with van der Waals surface area (Å²) in [6.07, 6.45) is 1.61. The molecule has 0 bridgehead atoms. The van der Waals surface area contributed by atoms with Gasteiger partial charge in [-0.1, -0.05) is 72.8 Å². The highest BCUT2D eigenvalue weighted by atomic mass is 35.5. The van der Waals surface area contributed by atoms with Gasteiger partial charge in [0.1, 0.15) is 17.6 Å². The molecule has 1 aliphatic heterocycles. The zero-order valence-electron chi connectivity index (χ0n) is 23.1. The maximum absolute atomic E-state index is 13.5. The van der Waals surface area contributed by atoms with Crippen molar-refractivity contribution in [2.24, 2.45) is 0 Å². The summed E-state index contributed by atoms with van der Waals surface area (Å²) in [5.41, 5.74) is 2.35. The molecule has 0 saturated carbocycles. The van der Waals surface area contributed by atoms with Crippen molar-refractivity contribution in [3.8, 4) is 5.75 Å². The first-order valence-corrected chi connectivity index (χ1v) is 13.4. The van der Waals surface area contributed by atoms with Crippen molar-refractivity contribution in [3.05, 3.63) is 102 Å². The highest BCUT2D eigenvalue weighted by Gasteiger charge is 2.40. The largest absolute Gasteiger partial charge is 0.508 e. The average molecular weight is 564 g/mol. The van der Waals surface area contributed by atoms with E-state index in [9.17, 15) is 19.5 Å². The molecule has 0 aliphatic carbocycles. The second-order valence-electron chi connectivity index (χ2n) is 10.5. The molecule has 1 aliphatic rings. The monoisotopic (exact) mass is 563 g/mol. The van der Waals surface area contributed by atoms with Crippen LogP contribution in [-0.4, -0.2) is 65.2 Å². The number of piperidine rings is 1. The number of aromatic hydroxyl groups is 1. The number of nitrogens with one attached hydrogen (secondary N) is 1. The number of carbonyl (C=O) groups is 3. The van der Waals surface area contributed by atoms with Gasteiger partial charge in [0.25, 0.3) is 0 Å². The van der Waals surface area contributed by atoms with Crippen LogP contribution in [-0.2, 0) is 32.8 Å². The second kappa shape index (κ2) is 14.1. The lowest BCUT2D eigenvalue weighted by Gasteiger charge is -2.40. The zero-order valence-corrected chi connectivity index (χ0v) is 23.9. The first-order chi connectivity index (χ1) is 18.8. The van der Waals surface area contributed by atoms with Gasteiger partial charge in [0.2, 0.25) is 11.8 Å². The van der Waals surface area contributed by atoms with Gasteiger partial charge in [0.05, 0.1) is 12.0 Å². The molecule has 1 saturated heterocycles. The van der Waals surface area contributed by atoms with Crippen LogP contribution in [0.25, 0.3) is 0 Å². The van der Waals surface area contributed by atoms with Gasteiger partial charge in [-0.15, -0.1) is 12.4 Å². The van der Waals surface area contributed by atoms with Gasteiger partial charge < -0.3 is 15.3 Å². The van der Waals surface area contributed by atoms with Crippen molar-refractivity contribution in [1.82, 2.24) is 15.1 Å². The Balaban J connectivity index is 0.00000441. The number of hydrogen-bond acceptors (Lipinski definition) is 5. The maximum Gasteiger partial charge on any atom is 0.245 e. The van der Waals surface area contributed by atoms with Crippen molar-refractivity contribution < 1.29 is 19.5 Å². The second-order valence-corrected chi connectivity index (χ2v) is 10.5. The third-order valence-electron chi connectivity index (χ3n) is 7.73. The fourth-order valence-electron chi connectivity index (χ4n) is 5.41. The number of amides is 2. The van der Waals surface area contributed by atoms with Crippen molar-refractivity contribution in [2.45, 2.75) is 44.2 Å². The van der Waals surface area contributed by atoms with Gasteiger partial charge in [0.15, 0.2) is 0 Å². The van der Waals surface area contributed by atoms with Crippen LogP contribution >= 0.6 is 12.4 Å². The number of halogens is 1. The van der Waals surface area contributed by atoms with Crippen molar-refractivity contribution in [2.75, 3.05) is 26.7 Å². The number of likely N-dealkylation sites (N-methyl/N-ethyl adjacent to an activating group) is 1. The van der Waals surface area contributed by atoms with Gasteiger partial charge in [-0.2, -0.15) is 0 Å². The molecule has 2 N–H and O–H groups in total. The van der Waals surface area contributed by atoms with E-state index in [4.69, 9.17) is 0 Å². The summed E-state index contributed by atoms with van der Waals surface area (Å²) >= 11 is 0. The molecule has 1 atom stereocenters. The molecule has 3 aromatic carbocycles. The number of rotatable bonds is 10. The highest BCUT2D eigenvalue weighted by Crippen LogP contribution is 2.36. The molecule has 8 heteroatoms. The number of carbonyl (C=O) groups excluding carboxylic acids is 3. The predicted octanol–water partition coefficient (Wildman–Crippen LogP) is 4.12. The Bertz CT molecular complexity index is 1260. The molecule has 0 radical (unpaired) electrons. The quantitative estimate of drug-likeness (QED) is 0.387. The van der Waals surface area contributed by atoms with E-state index >= 15 is 0 Å². The average Bonchev–Trinajstić information content (AvgIpc) is 2.95. The van der Waals surface area contributed by atoms with E-state index in [2.05, 4.69) is 10.2 Å². The Labute approximate surface area is 242 Å². The van der Waals surface area contributed by atoms with E-state index in [-0.39, 0.29) is 42.3 Å². The van der Waals surface area contributed by atoms with Crippen LogP contribution < -0.4 is 5.32 Å². The lowest BCUT2D eigenvalue weighted by atomic mass is 9.70. The van der Waals surface area contributed by atoms with Crippen LogP contribution in [0.1, 0.15) is 36.5 Å². The number of likely N-dealkylation sites (tertiary alicyclic amines) is 1. The Morgan fingerprint density at radius 2 is 1.48 bits per heavy atom. The summed E-state index contributed by atoms with van der Waals surface area (Å²) in [6.45, 7) is 3.48. The van der Waals surface area contributed by atoms with Gasteiger partial charge in [-0.05, 0) is 61.7 Å². The number of phenolic OH excluding ortho intramolecular Hbond substituents is 1. The molecule has 212 valence electrons. The first-order valence-electron chi connectivity index (χ1n) is 13.4. The maximum atomic E-state index is 13.5. The number of Topliss-reactive ketones (excluding diaryl/α,β-unsaturated/α-hetero) is 1. The Kier molecular flexibility index (Phi) is 10.9. The Morgan fingerprint density at radius 1 is 0.900 bits per heavy atom. The van der Waals surface area contributed by atoms with E-state index in [0.29, 0.717) is 38.9 Å². The topological polar surface area (TPSA) is 90.0 Å². The van der Waals surface area contributed by atoms with Crippen LogP contribution in [0.15, 0.2) is 84.9 Å². The number of ketones is 1. The van der Waals surface area contributed by atoms with Crippen LogP contribution in [0.2, 0.25) is 0 Å². The summed E-state index contributed by atoms with van der Waals surface area (Å²) in [5, 5.41) is 12.6. The minimum atomic E-state index is -0.749. The van der Waals surface area contributed by atoms with E-state index in [1.165, 1.54) is 0 Å². The van der Waals surface area contributed by atoms with Gasteiger partial charge in [0, 0.05) is 20.0 Å². The summed E-state index contributed by atoms with van der Waals surface area (Å²) in [6, 6.07) is 25.5. The minimum Gasteiger partial charge on any atom is -0.508 e. The number of phenols is 1. The van der Waals surface area contributed by atoms with Gasteiger partial charge in [-0.3, -0.25) is 19.3 Å². The molecule has 3 aromatic rings. The first kappa shape index (κ1) is 30.9. The molecule has 0 aromatic heterocycles. The predicted molar refractivity (Wildman–Crippen MR) is 158 cm³/mol. The van der Waals surface area contributed by atoms with E-state index in [0.717, 1.165) is 16.7 Å². The minimum absolute atomic E-state index is 0. The Hall–Kier alpha value is -3.68. The summed E-state index contributed by atoms with van der Waals surface area (Å²) in [7, 11) is 1.74. The molecule has 0 unspecified atom stereocenters. The Morgan fingerprint density at radius 3 is 2.05 bits per heavy atom. The molecular weight excluding hydrogens is 526 g/mol. The fraction of sp³-hybridized carbons (Fsp3) is 0.344. The molecule has 0 spiro atoms. The molecule has 40 heavy (non-hydrogen) atoms. The smallest absolute Gasteiger partial charge is 0.245 e. The standard InChI is InChI=1S/C32H37N3O4.ClH/c1-24(36)32(27-11-7-4-8-12-27)17-19-35(20-18-32)23-30(38)33-29(21-25-13-15-28(37)16-14-25)31(39)34(2)22-26-9-5-3-6-10-26;/h3-16,29,37H,17-23H2,1-2H3,(H,33,38);1H/t29-;/m0./s1. The molecule has 1 fully saturated rings. The fourth-order valence-corrected chi connectivity index (χ4v) is 5.41. The lowest BCUT2D eigenvalue weighted by Crippen LogP contribution is -2.53. The van der Waals surface area contributed by atoms with Gasteiger partial charge in [-0.25, -0.2) is 0 Å². The molecule has 2 amide bonds. The summed E-state index contributed by atoms with van der Waals surface area (Å²) in [5.74, 6) is -0.109. The third-order valence-corrected chi connectivity index (χ3v) is 7.73. The van der Waals surface area contributed by atoms with Crippen molar-refractivity contribution in [1.29, 1.82) is 0 Å². The van der Waals surface area contributed by atoms with E-state index in [1.54, 1.807) is 43.1 Å². The van der Waals surface area contributed by atoms with E-state index in [1.807, 2.05) is 60.7 Å². The van der Waals surface area contributed by atoms with Crippen LogP contribution in [0.3, 0.4) is 0 Å². The van der Waals surface area contributed by atoms with E-state index < -0.39 is 11.5 Å². The molecular formula is C32H38ClN3O4. The van der Waals surface area contributed by atoms with Crippen LogP contribution in [0.5, 0.6) is 5.75 Å². The summed E-state index contributed by atoms with van der Waals surface area (Å²) < 4.78 is 0. The van der Waals surface area contributed by atoms with Crippen LogP contribution in [0, 0.1) is 0 Å². The van der Waals surface area contributed by atoms with Gasteiger partial charge >= 0.3 is 0 Å². The summed E-state index contributed by atoms with van der Waals surface area (Å²) in [4.78, 5) is 43.0. The number of benzene rings is 3. The molecule has 7 nitrogen and oxygen atoms in total. The molecule has 4 rings (SSSR count). The highest BCUT2D eigenvalue weighted by molar-refractivity contribution is 5.89. The van der Waals surface area contributed by atoms with Crippen molar-refractivity contribution in [3.63, 3.8) is 0 Å². The SMILES string of the molecule is CC(=O)C1(c2ccccc2)CCN(CC(=O)N[C@@H](Cc2ccc(O)cc2)C(=O)N(C)Cc2ccccc2)CC1.Cl. The number of nitrogens with zero attached hydrogens (tertiary/aromatic N) is 2.